The van der Waals surface area contributed by atoms with Crippen LogP contribution in [0.2, 0.25) is 0 Å². The van der Waals surface area contributed by atoms with Gasteiger partial charge in [0.1, 0.15) is 5.69 Å². The van der Waals surface area contributed by atoms with E-state index in [-0.39, 0.29) is 0 Å². The third-order valence-electron chi connectivity index (χ3n) is 1.60. The van der Waals surface area contributed by atoms with Crippen molar-refractivity contribution in [1.29, 1.82) is 0 Å². The summed E-state index contributed by atoms with van der Waals surface area (Å²) in [7, 11) is 0. The van der Waals surface area contributed by atoms with Crippen LogP contribution in [-0.4, -0.2) is 16.3 Å². The molecule has 0 bridgehead atoms. The van der Waals surface area contributed by atoms with Gasteiger partial charge in [-0.3, -0.25) is 4.79 Å². The average Bonchev–Trinajstić information content (AvgIpc) is 2.76. The highest BCUT2D eigenvalue weighted by molar-refractivity contribution is 7.13. The van der Waals surface area contributed by atoms with Crippen LogP contribution in [0.4, 0.5) is 0 Å². The minimum absolute atomic E-state index is 0.445. The molecule has 0 amide bonds. The maximum atomic E-state index is 10.4. The summed E-state index contributed by atoms with van der Waals surface area (Å²) < 4.78 is 0. The van der Waals surface area contributed by atoms with Gasteiger partial charge in [0.25, 0.3) is 0 Å². The molecule has 0 N–H and O–H groups in total. The summed E-state index contributed by atoms with van der Waals surface area (Å²) in [6, 6.07) is 5.54. The van der Waals surface area contributed by atoms with Crippen LogP contribution in [0.25, 0.3) is 0 Å². The maximum absolute atomic E-state index is 10.4. The Kier molecular flexibility index (Phi) is 2.86. The maximum Gasteiger partial charge on any atom is 0.178 e. The van der Waals surface area contributed by atoms with E-state index in [9.17, 15) is 4.79 Å². The molecule has 0 aliphatic heterocycles. The highest BCUT2D eigenvalue weighted by Crippen LogP contribution is 2.08. The molecular weight excluding hydrogens is 208 g/mol. The van der Waals surface area contributed by atoms with Crippen molar-refractivity contribution >= 4 is 17.6 Å². The van der Waals surface area contributed by atoms with Crippen molar-refractivity contribution in [2.75, 3.05) is 0 Å². The first-order valence-electron chi connectivity index (χ1n) is 4.22. The Morgan fingerprint density at radius 3 is 2.87 bits per heavy atom. The van der Waals surface area contributed by atoms with Crippen molar-refractivity contribution in [3.8, 4) is 11.8 Å². The Labute approximate surface area is 90.8 Å². The number of aromatic nitrogens is 2. The number of thiazole rings is 1. The van der Waals surface area contributed by atoms with Crippen molar-refractivity contribution < 1.29 is 4.79 Å². The second kappa shape index (κ2) is 4.49. The Balaban J connectivity index is 2.22. The molecule has 0 saturated carbocycles. The molecule has 0 radical (unpaired) electrons. The predicted molar refractivity (Wildman–Crippen MR) is 57.7 cm³/mol. The summed E-state index contributed by atoms with van der Waals surface area (Å²) in [5, 5.41) is 0.445. The normalized spacial score (nSPS) is 9.07. The lowest BCUT2D eigenvalue weighted by Gasteiger charge is -1.84. The summed E-state index contributed by atoms with van der Waals surface area (Å²) in [6.07, 6.45) is 3.99. The van der Waals surface area contributed by atoms with Gasteiger partial charge >= 0.3 is 0 Å². The molecule has 0 fully saturated rings. The van der Waals surface area contributed by atoms with Crippen LogP contribution in [0.3, 0.4) is 0 Å². The van der Waals surface area contributed by atoms with Gasteiger partial charge in [0.15, 0.2) is 11.3 Å². The quantitative estimate of drug-likeness (QED) is 0.536. The largest absolute Gasteiger partial charge is 0.295 e. The van der Waals surface area contributed by atoms with Gasteiger partial charge < -0.3 is 0 Å². The number of hydrogen-bond acceptors (Lipinski definition) is 4. The van der Waals surface area contributed by atoms with Gasteiger partial charge in [-0.25, -0.2) is 9.97 Å². The monoisotopic (exact) mass is 214 g/mol. The molecule has 0 atom stereocenters. The minimum atomic E-state index is 0.445. The van der Waals surface area contributed by atoms with E-state index in [2.05, 4.69) is 21.8 Å². The molecule has 72 valence electrons. The van der Waals surface area contributed by atoms with Gasteiger partial charge in [-0.2, -0.15) is 0 Å². The zero-order chi connectivity index (χ0) is 10.5. The van der Waals surface area contributed by atoms with E-state index in [1.165, 1.54) is 11.3 Å². The van der Waals surface area contributed by atoms with Crippen molar-refractivity contribution in [2.45, 2.75) is 0 Å². The molecule has 3 nitrogen and oxygen atoms in total. The number of carbonyl (C=O) groups is 1. The van der Waals surface area contributed by atoms with E-state index in [4.69, 9.17) is 0 Å². The number of carbonyl (C=O) groups excluding carboxylic acids is 1. The van der Waals surface area contributed by atoms with Gasteiger partial charge in [0.2, 0.25) is 0 Å². The topological polar surface area (TPSA) is 42.9 Å². The Bertz CT molecular complexity index is 522. The summed E-state index contributed by atoms with van der Waals surface area (Å²) in [5.41, 5.74) is 0.707. The Morgan fingerprint density at radius 2 is 2.20 bits per heavy atom. The molecule has 0 unspecified atom stereocenters. The molecule has 4 heteroatoms. The van der Waals surface area contributed by atoms with Crippen LogP contribution in [-0.2, 0) is 0 Å². The van der Waals surface area contributed by atoms with Crippen LogP contribution in [0, 0.1) is 11.8 Å². The van der Waals surface area contributed by atoms with Crippen molar-refractivity contribution in [3.63, 3.8) is 0 Å². The molecule has 2 rings (SSSR count). The SMILES string of the molecule is O=Cc1ncc(C#Cc2ccccn2)s1. The van der Waals surface area contributed by atoms with Crippen LogP contribution < -0.4 is 0 Å². The van der Waals surface area contributed by atoms with E-state index in [0.29, 0.717) is 10.7 Å². The van der Waals surface area contributed by atoms with Crippen LogP contribution in [0.15, 0.2) is 30.6 Å². The Morgan fingerprint density at radius 1 is 1.27 bits per heavy atom. The Hall–Kier alpha value is -1.99. The molecule has 2 aromatic rings. The summed E-state index contributed by atoms with van der Waals surface area (Å²) in [4.78, 5) is 19.1. The lowest BCUT2D eigenvalue weighted by Crippen LogP contribution is -1.77. The fraction of sp³-hybridized carbons (Fsp3) is 0. The van der Waals surface area contributed by atoms with E-state index < -0.39 is 0 Å². The minimum Gasteiger partial charge on any atom is -0.295 e. The lowest BCUT2D eigenvalue weighted by molar-refractivity contribution is 0.112. The molecular formula is C11H6N2OS. The molecule has 0 aliphatic carbocycles. The first-order valence-corrected chi connectivity index (χ1v) is 5.04. The van der Waals surface area contributed by atoms with Gasteiger partial charge in [-0.05, 0) is 24.0 Å². The molecule has 2 aromatic heterocycles. The predicted octanol–water partition coefficient (Wildman–Crippen LogP) is 1.75. The van der Waals surface area contributed by atoms with Crippen LogP contribution in [0.1, 0.15) is 20.4 Å². The summed E-state index contributed by atoms with van der Waals surface area (Å²) >= 11 is 1.27. The zero-order valence-electron chi connectivity index (χ0n) is 7.68. The van der Waals surface area contributed by atoms with E-state index in [1.807, 2.05) is 18.2 Å². The van der Waals surface area contributed by atoms with E-state index in [1.54, 1.807) is 12.4 Å². The third kappa shape index (κ3) is 2.48. The number of nitrogens with zero attached hydrogens (tertiary/aromatic N) is 2. The van der Waals surface area contributed by atoms with Gasteiger partial charge in [-0.15, -0.1) is 11.3 Å². The third-order valence-corrected chi connectivity index (χ3v) is 2.44. The fourth-order valence-electron chi connectivity index (χ4n) is 0.962. The number of rotatable bonds is 1. The van der Waals surface area contributed by atoms with Crippen molar-refractivity contribution in [2.24, 2.45) is 0 Å². The number of aldehydes is 1. The number of hydrogen-bond donors (Lipinski definition) is 0. The van der Waals surface area contributed by atoms with Crippen molar-refractivity contribution in [1.82, 2.24) is 9.97 Å². The zero-order valence-corrected chi connectivity index (χ0v) is 8.49. The van der Waals surface area contributed by atoms with E-state index >= 15 is 0 Å². The highest BCUT2D eigenvalue weighted by atomic mass is 32.1. The average molecular weight is 214 g/mol. The fourth-order valence-corrected chi connectivity index (χ4v) is 1.55. The van der Waals surface area contributed by atoms with E-state index in [0.717, 1.165) is 11.2 Å². The van der Waals surface area contributed by atoms with Gasteiger partial charge in [-0.1, -0.05) is 6.07 Å². The molecule has 0 aliphatic rings. The van der Waals surface area contributed by atoms with Crippen LogP contribution >= 0.6 is 11.3 Å². The summed E-state index contributed by atoms with van der Waals surface area (Å²) in [6.45, 7) is 0. The van der Waals surface area contributed by atoms with Crippen LogP contribution in [0.5, 0.6) is 0 Å². The first kappa shape index (κ1) is 9.56. The standard InChI is InChI=1S/C11H6N2OS/c14-8-11-13-7-10(15-11)5-4-9-3-1-2-6-12-9/h1-3,6-8H. The molecule has 0 saturated heterocycles. The second-order valence-corrected chi connectivity index (χ2v) is 3.71. The van der Waals surface area contributed by atoms with Gasteiger partial charge in [0, 0.05) is 6.20 Å². The molecule has 0 aromatic carbocycles. The second-order valence-electron chi connectivity index (χ2n) is 2.65. The lowest BCUT2D eigenvalue weighted by atomic mass is 10.3. The summed E-state index contributed by atoms with van der Waals surface area (Å²) in [5.74, 6) is 5.79. The van der Waals surface area contributed by atoms with Gasteiger partial charge in [0.05, 0.1) is 11.1 Å². The number of pyridine rings is 1. The molecule has 0 spiro atoms. The molecule has 15 heavy (non-hydrogen) atoms. The molecule has 2 heterocycles. The first-order chi connectivity index (χ1) is 7.38. The smallest absolute Gasteiger partial charge is 0.178 e. The van der Waals surface area contributed by atoms with Crippen molar-refractivity contribution in [3.05, 3.63) is 46.2 Å². The highest BCUT2D eigenvalue weighted by Gasteiger charge is 1.96.